The molecule has 0 bridgehead atoms. The normalized spacial score (nSPS) is 12.2. The first-order valence-corrected chi connectivity index (χ1v) is 15.6. The molecule has 2 amide bonds. The molecular formula is C31H37ClN4O7S. The number of aryl methyl sites for hydroxylation is 1. The molecule has 1 N–H and O–H groups in total. The largest absolute Gasteiger partial charge is 0.495 e. The number of sulfonamides is 1. The van der Waals surface area contributed by atoms with Crippen molar-refractivity contribution in [2.24, 2.45) is 0 Å². The van der Waals surface area contributed by atoms with Crippen molar-refractivity contribution >= 4 is 44.8 Å². The van der Waals surface area contributed by atoms with Gasteiger partial charge in [-0.25, -0.2) is 8.42 Å². The average Bonchev–Trinajstić information content (AvgIpc) is 2.95. The van der Waals surface area contributed by atoms with Crippen molar-refractivity contribution in [3.63, 3.8) is 0 Å². The van der Waals surface area contributed by atoms with E-state index in [1.807, 2.05) is 51.1 Å². The van der Waals surface area contributed by atoms with Crippen LogP contribution in [0.5, 0.6) is 5.75 Å². The lowest BCUT2D eigenvalue weighted by Crippen LogP contribution is -2.55. The zero-order chi connectivity index (χ0) is 32.8. The van der Waals surface area contributed by atoms with Crippen molar-refractivity contribution in [3.8, 4) is 5.75 Å². The van der Waals surface area contributed by atoms with E-state index in [0.29, 0.717) is 6.42 Å². The van der Waals surface area contributed by atoms with Gasteiger partial charge in [-0.05, 0) is 70.9 Å². The van der Waals surface area contributed by atoms with Crippen LogP contribution in [0.15, 0.2) is 71.6 Å². The molecule has 0 saturated heterocycles. The summed E-state index contributed by atoms with van der Waals surface area (Å²) in [6, 6.07) is 16.2. The summed E-state index contributed by atoms with van der Waals surface area (Å²) in [6.07, 6.45) is 0.400. The second kappa shape index (κ2) is 14.1. The Morgan fingerprint density at radius 1 is 1.07 bits per heavy atom. The SMILES string of the molecule is COc1ccc(Cl)cc1N(CC(=O)N(CCc1ccccc1)C(C)C(=O)NC(C)(C)C)S(=O)(=O)c1ccc(C)c([N+](=O)[O-])c1. The van der Waals surface area contributed by atoms with Crippen molar-refractivity contribution in [2.45, 2.75) is 57.5 Å². The van der Waals surface area contributed by atoms with Gasteiger partial charge in [0, 0.05) is 28.7 Å². The fourth-order valence-corrected chi connectivity index (χ4v) is 6.09. The van der Waals surface area contributed by atoms with Gasteiger partial charge in [0.2, 0.25) is 11.8 Å². The molecule has 0 saturated carbocycles. The molecule has 13 heteroatoms. The monoisotopic (exact) mass is 644 g/mol. The average molecular weight is 645 g/mol. The lowest BCUT2D eigenvalue weighted by atomic mass is 10.1. The van der Waals surface area contributed by atoms with Crippen LogP contribution in [0.1, 0.15) is 38.8 Å². The fraction of sp³-hybridized carbons (Fsp3) is 0.355. The first-order chi connectivity index (χ1) is 20.5. The number of nitrogens with zero attached hydrogens (tertiary/aromatic N) is 3. The minimum absolute atomic E-state index is 0.0496. The quantitative estimate of drug-likeness (QED) is 0.213. The van der Waals surface area contributed by atoms with E-state index >= 15 is 0 Å². The Hall–Kier alpha value is -4.16. The maximum Gasteiger partial charge on any atom is 0.273 e. The van der Waals surface area contributed by atoms with Gasteiger partial charge in [0.25, 0.3) is 15.7 Å². The smallest absolute Gasteiger partial charge is 0.273 e. The molecule has 0 aliphatic rings. The molecule has 3 aromatic rings. The van der Waals surface area contributed by atoms with Gasteiger partial charge in [-0.1, -0.05) is 48.0 Å². The van der Waals surface area contributed by atoms with Crippen LogP contribution in [0.4, 0.5) is 11.4 Å². The molecule has 11 nitrogen and oxygen atoms in total. The number of anilines is 1. The second-order valence-corrected chi connectivity index (χ2v) is 13.6. The third-order valence-corrected chi connectivity index (χ3v) is 8.79. The molecule has 3 rings (SSSR count). The molecule has 1 unspecified atom stereocenters. The molecule has 0 spiro atoms. The minimum atomic E-state index is -4.60. The molecule has 0 heterocycles. The number of amides is 2. The molecule has 0 aliphatic carbocycles. The van der Waals surface area contributed by atoms with Gasteiger partial charge in [0.15, 0.2) is 0 Å². The summed E-state index contributed by atoms with van der Waals surface area (Å²) in [6.45, 7) is 7.87. The van der Waals surface area contributed by atoms with E-state index in [0.717, 1.165) is 15.9 Å². The van der Waals surface area contributed by atoms with Crippen molar-refractivity contribution in [1.82, 2.24) is 10.2 Å². The highest BCUT2D eigenvalue weighted by molar-refractivity contribution is 7.92. The number of rotatable bonds is 12. The number of nitrogens with one attached hydrogen (secondary N) is 1. The molecule has 0 fully saturated rings. The van der Waals surface area contributed by atoms with Crippen LogP contribution in [0, 0.1) is 17.0 Å². The summed E-state index contributed by atoms with van der Waals surface area (Å²) in [7, 11) is -3.27. The van der Waals surface area contributed by atoms with Gasteiger partial charge < -0.3 is 15.0 Å². The highest BCUT2D eigenvalue weighted by Crippen LogP contribution is 2.36. The predicted octanol–water partition coefficient (Wildman–Crippen LogP) is 5.14. The molecule has 0 aromatic heterocycles. The van der Waals surface area contributed by atoms with Crippen molar-refractivity contribution in [3.05, 3.63) is 93.0 Å². The molecule has 0 radical (unpaired) electrons. The Morgan fingerprint density at radius 3 is 2.32 bits per heavy atom. The number of nitro benzene ring substituents is 1. The van der Waals surface area contributed by atoms with E-state index in [1.54, 1.807) is 6.92 Å². The van der Waals surface area contributed by atoms with Crippen molar-refractivity contribution in [1.29, 1.82) is 0 Å². The summed E-state index contributed by atoms with van der Waals surface area (Å²) >= 11 is 6.26. The molecular weight excluding hydrogens is 608 g/mol. The van der Waals surface area contributed by atoms with Crippen LogP contribution in [0.3, 0.4) is 0 Å². The summed E-state index contributed by atoms with van der Waals surface area (Å²) in [5, 5.41) is 14.7. The second-order valence-electron chi connectivity index (χ2n) is 11.3. The first-order valence-electron chi connectivity index (χ1n) is 13.8. The third kappa shape index (κ3) is 8.48. The van der Waals surface area contributed by atoms with Crippen LogP contribution in [0.2, 0.25) is 5.02 Å². The highest BCUT2D eigenvalue weighted by Gasteiger charge is 2.35. The van der Waals surface area contributed by atoms with E-state index in [4.69, 9.17) is 16.3 Å². The van der Waals surface area contributed by atoms with E-state index in [9.17, 15) is 28.1 Å². The van der Waals surface area contributed by atoms with Crippen LogP contribution in [0.25, 0.3) is 0 Å². The van der Waals surface area contributed by atoms with Crippen LogP contribution < -0.4 is 14.4 Å². The minimum Gasteiger partial charge on any atom is -0.495 e. The Labute approximate surface area is 263 Å². The van der Waals surface area contributed by atoms with Crippen molar-refractivity contribution < 1.29 is 27.7 Å². The number of nitro groups is 1. The van der Waals surface area contributed by atoms with Crippen molar-refractivity contribution in [2.75, 3.05) is 24.5 Å². The van der Waals surface area contributed by atoms with Gasteiger partial charge in [0.05, 0.1) is 22.6 Å². The maximum atomic E-state index is 14.2. The number of carbonyl (C=O) groups excluding carboxylic acids is 2. The first kappa shape index (κ1) is 34.3. The zero-order valence-corrected chi connectivity index (χ0v) is 27.1. The number of methoxy groups -OCH3 is 1. The lowest BCUT2D eigenvalue weighted by molar-refractivity contribution is -0.385. The van der Waals surface area contributed by atoms with Gasteiger partial charge in [-0.2, -0.15) is 0 Å². The Morgan fingerprint density at radius 2 is 1.73 bits per heavy atom. The molecule has 236 valence electrons. The number of ether oxygens (including phenoxy) is 1. The van der Waals surface area contributed by atoms with Gasteiger partial charge in [-0.3, -0.25) is 24.0 Å². The maximum absolute atomic E-state index is 14.2. The molecule has 44 heavy (non-hydrogen) atoms. The molecule has 0 aliphatic heterocycles. The summed E-state index contributed by atoms with van der Waals surface area (Å²) in [4.78, 5) is 39.2. The van der Waals surface area contributed by atoms with E-state index in [-0.39, 0.29) is 28.6 Å². The lowest BCUT2D eigenvalue weighted by Gasteiger charge is -2.33. The Bertz CT molecular complexity index is 1630. The topological polar surface area (TPSA) is 139 Å². The molecule has 3 aromatic carbocycles. The molecule has 1 atom stereocenters. The number of benzene rings is 3. The van der Waals surface area contributed by atoms with Gasteiger partial charge >= 0.3 is 0 Å². The number of halogens is 1. The van der Waals surface area contributed by atoms with Gasteiger partial charge in [-0.15, -0.1) is 0 Å². The van der Waals surface area contributed by atoms with E-state index < -0.39 is 55.5 Å². The van der Waals surface area contributed by atoms with Crippen LogP contribution >= 0.6 is 11.6 Å². The fourth-order valence-electron chi connectivity index (χ4n) is 4.49. The van der Waals surface area contributed by atoms with Crippen LogP contribution in [-0.2, 0) is 26.0 Å². The summed E-state index contributed by atoms with van der Waals surface area (Å²) < 4.78 is 34.6. The van der Waals surface area contributed by atoms with E-state index in [2.05, 4.69) is 5.32 Å². The number of carbonyl (C=O) groups is 2. The highest BCUT2D eigenvalue weighted by atomic mass is 35.5. The van der Waals surface area contributed by atoms with Crippen LogP contribution in [-0.4, -0.2) is 61.8 Å². The summed E-state index contributed by atoms with van der Waals surface area (Å²) in [5.74, 6) is -0.991. The van der Waals surface area contributed by atoms with Gasteiger partial charge in [0.1, 0.15) is 18.3 Å². The predicted molar refractivity (Wildman–Crippen MR) is 170 cm³/mol. The summed E-state index contributed by atoms with van der Waals surface area (Å²) in [5.41, 5.74) is 0.159. The third-order valence-electron chi connectivity index (χ3n) is 6.80. The number of hydrogen-bond donors (Lipinski definition) is 1. The number of hydrogen-bond acceptors (Lipinski definition) is 7. The van der Waals surface area contributed by atoms with E-state index in [1.165, 1.54) is 49.3 Å². The Balaban J connectivity index is 2.12. The Kier molecular flexibility index (Phi) is 11.0. The standard InChI is InChI=1S/C31H37ClN4O7S/c1-21-12-14-25(19-26(21)36(39)40)44(41,42)35(27-18-24(32)13-15-28(27)43-6)20-29(37)34(17-16-23-10-8-7-9-11-23)22(2)30(38)33-31(3,4)5/h7-15,18-19,22H,16-17,20H2,1-6H3,(H,33,38). The zero-order valence-electron chi connectivity index (χ0n) is 25.5.